The van der Waals surface area contributed by atoms with Crippen LogP contribution >= 0.6 is 0 Å². The highest BCUT2D eigenvalue weighted by Crippen LogP contribution is 2.34. The normalized spacial score (nSPS) is 10.9. The number of nitro benzene ring substituents is 1. The lowest BCUT2D eigenvalue weighted by atomic mass is 10.1. The van der Waals surface area contributed by atoms with Gasteiger partial charge in [-0.05, 0) is 18.6 Å². The van der Waals surface area contributed by atoms with Crippen LogP contribution in [0.15, 0.2) is 53.8 Å². The number of aryl methyl sites for hydroxylation is 1. The molecule has 0 bridgehead atoms. The van der Waals surface area contributed by atoms with Gasteiger partial charge in [-0.25, -0.2) is 9.66 Å². The molecule has 144 valence electrons. The summed E-state index contributed by atoms with van der Waals surface area (Å²) in [6, 6.07) is 12.4. The van der Waals surface area contributed by atoms with Gasteiger partial charge in [0, 0.05) is 0 Å². The van der Waals surface area contributed by atoms with E-state index < -0.39 is 4.92 Å². The molecule has 3 rings (SSSR count). The van der Waals surface area contributed by atoms with E-state index in [1.807, 2.05) is 30.3 Å². The van der Waals surface area contributed by atoms with Gasteiger partial charge < -0.3 is 15.2 Å². The summed E-state index contributed by atoms with van der Waals surface area (Å²) in [4.78, 5) is 15.0. The fourth-order valence-electron chi connectivity index (χ4n) is 2.55. The van der Waals surface area contributed by atoms with Crippen molar-refractivity contribution in [3.8, 4) is 11.5 Å². The van der Waals surface area contributed by atoms with Crippen LogP contribution in [0, 0.1) is 17.0 Å². The van der Waals surface area contributed by atoms with Crippen molar-refractivity contribution in [1.82, 2.24) is 9.66 Å². The van der Waals surface area contributed by atoms with Crippen molar-refractivity contribution in [2.45, 2.75) is 13.5 Å². The van der Waals surface area contributed by atoms with Crippen LogP contribution in [-0.4, -0.2) is 27.9 Å². The molecule has 1 heterocycles. The summed E-state index contributed by atoms with van der Waals surface area (Å²) in [6.45, 7) is 2.06. The number of aromatic nitrogens is 2. The average molecular weight is 381 g/mol. The third-order valence-electron chi connectivity index (χ3n) is 3.90. The van der Waals surface area contributed by atoms with Gasteiger partial charge in [-0.1, -0.05) is 30.3 Å². The van der Waals surface area contributed by atoms with E-state index in [0.717, 1.165) is 5.56 Å². The second-order valence-electron chi connectivity index (χ2n) is 5.92. The zero-order chi connectivity index (χ0) is 20.1. The maximum atomic E-state index is 11.5. The van der Waals surface area contributed by atoms with E-state index in [1.165, 1.54) is 30.1 Å². The standard InChI is InChI=1S/C19H19N5O4/c1-13-11-23(19(20)22-13)21-10-15-8-18(17(27-2)9-16(15)24(25)26)28-12-14-6-4-3-5-7-14/h3-11H,12H2,1-2H3,(H2,20,22). The molecule has 0 radical (unpaired) electrons. The molecular formula is C19H19N5O4. The van der Waals surface area contributed by atoms with E-state index in [-0.39, 0.29) is 22.9 Å². The van der Waals surface area contributed by atoms with Crippen LogP contribution in [0.5, 0.6) is 11.5 Å². The Morgan fingerprint density at radius 1 is 1.29 bits per heavy atom. The molecule has 0 amide bonds. The molecule has 2 N–H and O–H groups in total. The molecule has 3 aromatic rings. The van der Waals surface area contributed by atoms with E-state index in [4.69, 9.17) is 15.2 Å². The first-order valence-corrected chi connectivity index (χ1v) is 8.37. The van der Waals surface area contributed by atoms with Crippen LogP contribution in [0.4, 0.5) is 11.6 Å². The number of nitrogens with two attached hydrogens (primary N) is 1. The van der Waals surface area contributed by atoms with Crippen LogP contribution in [-0.2, 0) is 6.61 Å². The van der Waals surface area contributed by atoms with Gasteiger partial charge in [0.2, 0.25) is 5.95 Å². The van der Waals surface area contributed by atoms with Crippen LogP contribution in [0.1, 0.15) is 16.8 Å². The number of rotatable bonds is 7. The fraction of sp³-hybridized carbons (Fsp3) is 0.158. The zero-order valence-corrected chi connectivity index (χ0v) is 15.4. The minimum absolute atomic E-state index is 0.164. The Morgan fingerprint density at radius 2 is 2.04 bits per heavy atom. The number of benzene rings is 2. The first-order chi connectivity index (χ1) is 13.5. The zero-order valence-electron chi connectivity index (χ0n) is 15.4. The first-order valence-electron chi connectivity index (χ1n) is 8.37. The van der Waals surface area contributed by atoms with Crippen LogP contribution in [0.2, 0.25) is 0 Å². The molecule has 0 spiro atoms. The quantitative estimate of drug-likeness (QED) is 0.382. The number of nitrogens with zero attached hydrogens (tertiary/aromatic N) is 4. The third kappa shape index (κ3) is 4.26. The van der Waals surface area contributed by atoms with Crippen LogP contribution in [0.3, 0.4) is 0 Å². The smallest absolute Gasteiger partial charge is 0.282 e. The van der Waals surface area contributed by atoms with Crippen molar-refractivity contribution < 1.29 is 14.4 Å². The molecule has 9 nitrogen and oxygen atoms in total. The van der Waals surface area contributed by atoms with E-state index in [0.29, 0.717) is 18.1 Å². The Bertz CT molecular complexity index is 1010. The lowest BCUT2D eigenvalue weighted by molar-refractivity contribution is -0.385. The molecule has 1 aromatic heterocycles. The predicted molar refractivity (Wildman–Crippen MR) is 105 cm³/mol. The van der Waals surface area contributed by atoms with Crippen molar-refractivity contribution in [2.75, 3.05) is 12.8 Å². The van der Waals surface area contributed by atoms with Crippen molar-refractivity contribution in [1.29, 1.82) is 0 Å². The van der Waals surface area contributed by atoms with Crippen LogP contribution < -0.4 is 15.2 Å². The van der Waals surface area contributed by atoms with Crippen molar-refractivity contribution >= 4 is 17.9 Å². The molecule has 28 heavy (non-hydrogen) atoms. The molecule has 0 fully saturated rings. The van der Waals surface area contributed by atoms with Gasteiger partial charge >= 0.3 is 0 Å². The molecule has 0 aliphatic rings. The fourth-order valence-corrected chi connectivity index (χ4v) is 2.55. The number of ether oxygens (including phenoxy) is 2. The number of methoxy groups -OCH3 is 1. The number of nitrogen functional groups attached to an aromatic ring is 1. The number of anilines is 1. The summed E-state index contributed by atoms with van der Waals surface area (Å²) in [5, 5.41) is 15.6. The third-order valence-corrected chi connectivity index (χ3v) is 3.90. The molecule has 0 aliphatic carbocycles. The summed E-state index contributed by atoms with van der Waals surface area (Å²) in [6.07, 6.45) is 2.96. The maximum absolute atomic E-state index is 11.5. The number of hydrogen-bond acceptors (Lipinski definition) is 7. The summed E-state index contributed by atoms with van der Waals surface area (Å²) in [5.74, 6) is 0.816. The lowest BCUT2D eigenvalue weighted by Crippen LogP contribution is -2.02. The number of hydrogen-bond donors (Lipinski definition) is 1. The van der Waals surface area contributed by atoms with Crippen molar-refractivity contribution in [2.24, 2.45) is 5.10 Å². The summed E-state index contributed by atoms with van der Waals surface area (Å²) >= 11 is 0. The van der Waals surface area contributed by atoms with E-state index in [9.17, 15) is 10.1 Å². The van der Waals surface area contributed by atoms with Gasteiger partial charge in [0.05, 0.1) is 41.8 Å². The Kier molecular flexibility index (Phi) is 5.54. The monoisotopic (exact) mass is 381 g/mol. The Morgan fingerprint density at radius 3 is 2.64 bits per heavy atom. The van der Waals surface area contributed by atoms with Gasteiger partial charge in [0.15, 0.2) is 11.5 Å². The molecular weight excluding hydrogens is 362 g/mol. The molecule has 0 saturated heterocycles. The van der Waals surface area contributed by atoms with Crippen molar-refractivity contribution in [3.63, 3.8) is 0 Å². The second kappa shape index (κ2) is 8.21. The lowest BCUT2D eigenvalue weighted by Gasteiger charge is -2.12. The Balaban J connectivity index is 1.95. The number of nitro groups is 1. The van der Waals surface area contributed by atoms with Gasteiger partial charge in [-0.2, -0.15) is 5.10 Å². The van der Waals surface area contributed by atoms with Gasteiger partial charge in [-0.15, -0.1) is 0 Å². The SMILES string of the molecule is COc1cc([N+](=O)[O-])c(C=Nn2cc(C)nc2N)cc1OCc1ccccc1. The first kappa shape index (κ1) is 18.9. The molecule has 9 heteroatoms. The van der Waals surface area contributed by atoms with Crippen LogP contribution in [0.25, 0.3) is 0 Å². The molecule has 0 atom stereocenters. The van der Waals surface area contributed by atoms with E-state index in [1.54, 1.807) is 13.1 Å². The summed E-state index contributed by atoms with van der Waals surface area (Å²) < 4.78 is 12.4. The maximum Gasteiger partial charge on any atom is 0.282 e. The number of imidazole rings is 1. The molecule has 0 aliphatic heterocycles. The van der Waals surface area contributed by atoms with E-state index in [2.05, 4.69) is 10.1 Å². The van der Waals surface area contributed by atoms with Gasteiger partial charge in [0.25, 0.3) is 5.69 Å². The average Bonchev–Trinajstić information content (AvgIpc) is 3.02. The summed E-state index contributed by atoms with van der Waals surface area (Å²) in [7, 11) is 1.43. The van der Waals surface area contributed by atoms with Crippen molar-refractivity contribution in [3.05, 3.63) is 75.6 Å². The largest absolute Gasteiger partial charge is 0.493 e. The van der Waals surface area contributed by atoms with E-state index >= 15 is 0 Å². The molecule has 2 aromatic carbocycles. The highest BCUT2D eigenvalue weighted by Gasteiger charge is 2.19. The highest BCUT2D eigenvalue weighted by atomic mass is 16.6. The molecule has 0 unspecified atom stereocenters. The predicted octanol–water partition coefficient (Wildman–Crippen LogP) is 3.15. The summed E-state index contributed by atoms with van der Waals surface area (Å²) in [5.41, 5.74) is 7.48. The highest BCUT2D eigenvalue weighted by molar-refractivity contribution is 5.87. The van der Waals surface area contributed by atoms with Gasteiger partial charge in [-0.3, -0.25) is 10.1 Å². The second-order valence-corrected chi connectivity index (χ2v) is 5.92. The van der Waals surface area contributed by atoms with Gasteiger partial charge in [0.1, 0.15) is 6.61 Å². The minimum atomic E-state index is -0.507. The Hall–Kier alpha value is -3.88. The Labute approximate surface area is 161 Å². The molecule has 0 saturated carbocycles. The minimum Gasteiger partial charge on any atom is -0.493 e. The topological polar surface area (TPSA) is 118 Å².